The summed E-state index contributed by atoms with van der Waals surface area (Å²) in [4.78, 5) is 14.2. The van der Waals surface area contributed by atoms with E-state index in [1.165, 1.54) is 41.1 Å². The third-order valence-electron chi connectivity index (χ3n) is 5.79. The number of hydrogen-bond donors (Lipinski definition) is 1. The van der Waals surface area contributed by atoms with Gasteiger partial charge in [-0.25, -0.2) is 17.6 Å². The second-order valence-electron chi connectivity index (χ2n) is 7.78. The van der Waals surface area contributed by atoms with E-state index >= 15 is 4.39 Å². The summed E-state index contributed by atoms with van der Waals surface area (Å²) in [5.74, 6) is -3.04. The van der Waals surface area contributed by atoms with Crippen LogP contribution < -0.4 is 4.72 Å². The molecule has 0 radical (unpaired) electrons. The van der Waals surface area contributed by atoms with Crippen molar-refractivity contribution in [2.75, 3.05) is 12.8 Å². The minimum Gasteiger partial charge on any atom is -0.334 e. The number of rotatable bonds is 6. The summed E-state index contributed by atoms with van der Waals surface area (Å²) in [6.45, 7) is -0.0297. The first-order chi connectivity index (χ1) is 14.4. The first-order valence-corrected chi connectivity index (χ1v) is 11.1. The van der Waals surface area contributed by atoms with Gasteiger partial charge in [0.15, 0.2) is 11.6 Å². The molecule has 0 bridgehead atoms. The molecule has 1 N–H and O–H groups in total. The van der Waals surface area contributed by atoms with Gasteiger partial charge >= 0.3 is 0 Å². The maximum atomic E-state index is 15.3. The molecule has 30 heavy (non-hydrogen) atoms. The lowest BCUT2D eigenvalue weighted by atomic mass is 9.95. The Morgan fingerprint density at radius 1 is 1.10 bits per heavy atom. The SMILES string of the molecule is CSN[C@H]1[C@@H](F)CN(C(=O)C2CC2)[C@H]1Cc1cccc(-c2cccc(F)c2F)c1F. The lowest BCUT2D eigenvalue weighted by molar-refractivity contribution is -0.133. The van der Waals surface area contributed by atoms with Crippen molar-refractivity contribution in [2.45, 2.75) is 37.5 Å². The van der Waals surface area contributed by atoms with Crippen LogP contribution in [0.15, 0.2) is 36.4 Å². The number of halogens is 4. The molecule has 1 saturated carbocycles. The van der Waals surface area contributed by atoms with E-state index in [2.05, 4.69) is 4.72 Å². The number of carbonyl (C=O) groups is 1. The Hall–Kier alpha value is -2.06. The summed E-state index contributed by atoms with van der Waals surface area (Å²) in [7, 11) is 0. The number of carbonyl (C=O) groups excluding carboxylic acids is 1. The van der Waals surface area contributed by atoms with Crippen molar-refractivity contribution in [3.8, 4) is 11.1 Å². The highest BCUT2D eigenvalue weighted by Gasteiger charge is 2.47. The van der Waals surface area contributed by atoms with Crippen LogP contribution in [0.5, 0.6) is 0 Å². The predicted molar refractivity (Wildman–Crippen MR) is 109 cm³/mol. The fourth-order valence-electron chi connectivity index (χ4n) is 4.10. The van der Waals surface area contributed by atoms with Gasteiger partial charge in [0.1, 0.15) is 12.0 Å². The van der Waals surface area contributed by atoms with Crippen LogP contribution in [0.3, 0.4) is 0 Å². The summed E-state index contributed by atoms with van der Waals surface area (Å²) >= 11 is 1.25. The Kier molecular flexibility index (Phi) is 6.06. The second-order valence-corrected chi connectivity index (χ2v) is 8.42. The maximum Gasteiger partial charge on any atom is 0.226 e. The Balaban J connectivity index is 1.67. The van der Waals surface area contributed by atoms with E-state index in [1.807, 2.05) is 0 Å². The van der Waals surface area contributed by atoms with Crippen molar-refractivity contribution >= 4 is 17.9 Å². The molecule has 1 heterocycles. The molecule has 8 heteroatoms. The number of nitrogens with one attached hydrogen (secondary N) is 1. The van der Waals surface area contributed by atoms with Crippen LogP contribution >= 0.6 is 11.9 Å². The molecule has 160 valence electrons. The molecule has 2 fully saturated rings. The van der Waals surface area contributed by atoms with Crippen molar-refractivity contribution in [2.24, 2.45) is 5.92 Å². The van der Waals surface area contributed by atoms with E-state index in [0.29, 0.717) is 0 Å². The van der Waals surface area contributed by atoms with Gasteiger partial charge in [-0.05, 0) is 37.1 Å². The highest BCUT2D eigenvalue weighted by Crippen LogP contribution is 2.36. The summed E-state index contributed by atoms with van der Waals surface area (Å²) in [5, 5.41) is 0. The van der Waals surface area contributed by atoms with Crippen LogP contribution in [0, 0.1) is 23.4 Å². The molecule has 2 aromatic carbocycles. The van der Waals surface area contributed by atoms with E-state index in [4.69, 9.17) is 0 Å². The molecule has 3 nitrogen and oxygen atoms in total. The largest absolute Gasteiger partial charge is 0.334 e. The summed E-state index contributed by atoms with van der Waals surface area (Å²) in [5.41, 5.74) is -0.000608. The third-order valence-corrected chi connectivity index (χ3v) is 6.30. The molecule has 1 amide bonds. The number of likely N-dealkylation sites (tertiary alicyclic amines) is 1. The monoisotopic (exact) mass is 438 g/mol. The molecule has 1 aliphatic heterocycles. The van der Waals surface area contributed by atoms with Gasteiger partial charge < -0.3 is 4.90 Å². The first kappa shape index (κ1) is 21.2. The van der Waals surface area contributed by atoms with E-state index in [-0.39, 0.29) is 41.5 Å². The van der Waals surface area contributed by atoms with Crippen molar-refractivity contribution < 1.29 is 22.4 Å². The number of benzene rings is 2. The van der Waals surface area contributed by atoms with Crippen molar-refractivity contribution in [3.63, 3.8) is 0 Å². The fraction of sp³-hybridized carbons (Fsp3) is 0.409. The lowest BCUT2D eigenvalue weighted by Gasteiger charge is -2.28. The van der Waals surface area contributed by atoms with Crippen molar-refractivity contribution in [3.05, 3.63) is 59.4 Å². The molecule has 4 rings (SSSR count). The van der Waals surface area contributed by atoms with Crippen LogP contribution in [-0.4, -0.2) is 41.9 Å². The van der Waals surface area contributed by atoms with E-state index in [0.717, 1.165) is 18.9 Å². The summed E-state index contributed by atoms with van der Waals surface area (Å²) in [6.07, 6.45) is 2.17. The van der Waals surface area contributed by atoms with Gasteiger partial charge in [-0.3, -0.25) is 9.52 Å². The van der Waals surface area contributed by atoms with Crippen LogP contribution in [0.4, 0.5) is 17.6 Å². The van der Waals surface area contributed by atoms with Crippen LogP contribution in [0.25, 0.3) is 11.1 Å². The Morgan fingerprint density at radius 2 is 1.77 bits per heavy atom. The second kappa shape index (κ2) is 8.59. The van der Waals surface area contributed by atoms with Crippen molar-refractivity contribution in [1.82, 2.24) is 9.62 Å². The molecule has 1 saturated heterocycles. The van der Waals surface area contributed by atoms with Gasteiger partial charge in [0.25, 0.3) is 0 Å². The van der Waals surface area contributed by atoms with E-state index in [9.17, 15) is 18.0 Å². The van der Waals surface area contributed by atoms with Gasteiger partial charge in [0.05, 0.1) is 18.6 Å². The topological polar surface area (TPSA) is 32.3 Å². The summed E-state index contributed by atoms with van der Waals surface area (Å²) < 4.78 is 60.9. The van der Waals surface area contributed by atoms with Gasteiger partial charge in [0.2, 0.25) is 5.91 Å². The molecule has 1 aliphatic carbocycles. The smallest absolute Gasteiger partial charge is 0.226 e. The van der Waals surface area contributed by atoms with Crippen LogP contribution in [0.1, 0.15) is 18.4 Å². The number of amides is 1. The zero-order valence-corrected chi connectivity index (χ0v) is 17.2. The fourth-order valence-corrected chi connectivity index (χ4v) is 4.68. The average Bonchev–Trinajstić information content (AvgIpc) is 3.53. The van der Waals surface area contributed by atoms with E-state index in [1.54, 1.807) is 12.3 Å². The maximum absolute atomic E-state index is 15.3. The number of hydrogen-bond acceptors (Lipinski definition) is 3. The Bertz CT molecular complexity index is 953. The number of nitrogens with zero attached hydrogens (tertiary/aromatic N) is 1. The first-order valence-electron chi connectivity index (χ1n) is 9.87. The molecule has 0 aromatic heterocycles. The number of alkyl halides is 1. The molecule has 0 spiro atoms. The lowest BCUT2D eigenvalue weighted by Crippen LogP contribution is -2.46. The Labute approximate surface area is 177 Å². The third kappa shape index (κ3) is 3.95. The zero-order chi connectivity index (χ0) is 21.4. The minimum absolute atomic E-state index is 0.0297. The van der Waals surface area contributed by atoms with Crippen molar-refractivity contribution in [1.29, 1.82) is 0 Å². The Morgan fingerprint density at radius 3 is 2.43 bits per heavy atom. The van der Waals surface area contributed by atoms with Crippen LogP contribution in [-0.2, 0) is 11.2 Å². The quantitative estimate of drug-likeness (QED) is 0.532. The van der Waals surface area contributed by atoms with Gasteiger partial charge in [0, 0.05) is 17.0 Å². The molecular formula is C22H22F4N2OS. The molecule has 3 atom stereocenters. The van der Waals surface area contributed by atoms with Gasteiger partial charge in [-0.2, -0.15) is 0 Å². The highest BCUT2D eigenvalue weighted by molar-refractivity contribution is 7.96. The standard InChI is InChI=1S/C22H22F4N2OS/c1-30-27-21-17(24)11-28(22(29)12-8-9-12)18(21)10-13-4-2-5-14(19(13)25)15-6-3-7-16(23)20(15)26/h2-7,12,17-18,21,27H,8-11H2,1H3/t17-,18-,21-/m0/s1. The molecular weight excluding hydrogens is 416 g/mol. The zero-order valence-electron chi connectivity index (χ0n) is 16.4. The highest BCUT2D eigenvalue weighted by atomic mass is 32.2. The van der Waals surface area contributed by atoms with Gasteiger partial charge in [-0.15, -0.1) is 0 Å². The predicted octanol–water partition coefficient (Wildman–Crippen LogP) is 4.51. The minimum atomic E-state index is -1.27. The van der Waals surface area contributed by atoms with Crippen LogP contribution in [0.2, 0.25) is 0 Å². The average molecular weight is 438 g/mol. The van der Waals surface area contributed by atoms with Gasteiger partial charge in [-0.1, -0.05) is 42.3 Å². The summed E-state index contributed by atoms with van der Waals surface area (Å²) in [6, 6.07) is 6.88. The molecule has 2 aromatic rings. The molecule has 2 aliphatic rings. The normalized spacial score (nSPS) is 23.8. The molecule has 0 unspecified atom stereocenters. The van der Waals surface area contributed by atoms with E-state index < -0.39 is 35.7 Å².